The molecule has 0 bridgehead atoms. The molecule has 25 heavy (non-hydrogen) atoms. The van der Waals surface area contributed by atoms with Crippen molar-refractivity contribution in [2.24, 2.45) is 5.92 Å². The highest BCUT2D eigenvalue weighted by Gasteiger charge is 2.25. The predicted octanol–water partition coefficient (Wildman–Crippen LogP) is 2.72. The Morgan fingerprint density at radius 2 is 2.24 bits per heavy atom. The van der Waals surface area contributed by atoms with Gasteiger partial charge in [-0.3, -0.25) is 4.79 Å². The second-order valence-electron chi connectivity index (χ2n) is 6.32. The molecule has 3 aromatic rings. The molecule has 1 amide bonds. The zero-order chi connectivity index (χ0) is 17.4. The van der Waals surface area contributed by atoms with Gasteiger partial charge in [-0.25, -0.2) is 14.1 Å². The largest absolute Gasteiger partial charge is 0.335 e. The van der Waals surface area contributed by atoms with E-state index in [1.807, 2.05) is 13.1 Å². The summed E-state index contributed by atoms with van der Waals surface area (Å²) in [5, 5.41) is 7.28. The first-order chi connectivity index (χ1) is 12.1. The van der Waals surface area contributed by atoms with Crippen LogP contribution in [0.4, 0.5) is 10.2 Å². The third kappa shape index (κ3) is 3.05. The van der Waals surface area contributed by atoms with E-state index in [0.29, 0.717) is 17.9 Å². The Bertz CT molecular complexity index is 929. The number of nitrogens with one attached hydrogen (secondary N) is 1. The summed E-state index contributed by atoms with van der Waals surface area (Å²) in [5.74, 6) is 0.0165. The summed E-state index contributed by atoms with van der Waals surface area (Å²) >= 11 is 0. The fraction of sp³-hybridized carbons (Fsp3) is 0.278. The summed E-state index contributed by atoms with van der Waals surface area (Å²) in [7, 11) is 0. The van der Waals surface area contributed by atoms with Crippen LogP contribution < -0.4 is 5.32 Å². The van der Waals surface area contributed by atoms with Gasteiger partial charge in [0.15, 0.2) is 5.82 Å². The molecule has 7 heteroatoms. The number of anilines is 1. The van der Waals surface area contributed by atoms with E-state index < -0.39 is 0 Å². The van der Waals surface area contributed by atoms with Gasteiger partial charge in [0.05, 0.1) is 12.0 Å². The Labute approximate surface area is 144 Å². The fourth-order valence-electron chi connectivity index (χ4n) is 3.23. The number of halogens is 1. The summed E-state index contributed by atoms with van der Waals surface area (Å²) in [6.07, 6.45) is 5.06. The highest BCUT2D eigenvalue weighted by atomic mass is 19.1. The van der Waals surface area contributed by atoms with Gasteiger partial charge in [-0.2, -0.15) is 0 Å². The number of benzene rings is 1. The second kappa shape index (κ2) is 6.16. The minimum Gasteiger partial charge on any atom is -0.335 e. The molecule has 1 aromatic carbocycles. The lowest BCUT2D eigenvalue weighted by Crippen LogP contribution is -2.30. The Morgan fingerprint density at radius 3 is 3.08 bits per heavy atom. The summed E-state index contributed by atoms with van der Waals surface area (Å²) in [6, 6.07) is 7.99. The van der Waals surface area contributed by atoms with E-state index in [1.54, 1.807) is 29.2 Å². The van der Waals surface area contributed by atoms with Crippen LogP contribution in [0.1, 0.15) is 17.8 Å². The molecule has 6 nitrogen and oxygen atoms in total. The summed E-state index contributed by atoms with van der Waals surface area (Å²) in [6.45, 7) is 2.66. The molecule has 1 unspecified atom stereocenters. The van der Waals surface area contributed by atoms with Gasteiger partial charge in [0.2, 0.25) is 5.91 Å². The Balaban J connectivity index is 1.50. The summed E-state index contributed by atoms with van der Waals surface area (Å²) in [5.41, 5.74) is 2.52. The maximum absolute atomic E-state index is 13.4. The van der Waals surface area contributed by atoms with Crippen LogP contribution in [0.15, 0.2) is 42.9 Å². The van der Waals surface area contributed by atoms with Crippen LogP contribution in [-0.4, -0.2) is 25.2 Å². The highest BCUT2D eigenvalue weighted by Crippen LogP contribution is 2.22. The van der Waals surface area contributed by atoms with E-state index in [9.17, 15) is 9.18 Å². The summed E-state index contributed by atoms with van der Waals surface area (Å²) < 4.78 is 17.1. The average molecular weight is 339 g/mol. The lowest BCUT2D eigenvalue weighted by molar-refractivity contribution is -0.120. The number of fused-ring (bicyclic) bond motifs is 1. The third-order valence-corrected chi connectivity index (χ3v) is 4.53. The Kier molecular flexibility index (Phi) is 3.83. The van der Waals surface area contributed by atoms with Crippen molar-refractivity contribution >= 4 is 11.7 Å². The average Bonchev–Trinajstić information content (AvgIpc) is 3.20. The number of aromatic nitrogens is 4. The van der Waals surface area contributed by atoms with Crippen LogP contribution in [0.3, 0.4) is 0 Å². The molecule has 2 aromatic heterocycles. The van der Waals surface area contributed by atoms with Crippen molar-refractivity contribution in [3.8, 4) is 5.69 Å². The number of nitrogens with zero attached hydrogens (tertiary/aromatic N) is 4. The normalized spacial score (nSPS) is 16.5. The minimum absolute atomic E-state index is 0.0451. The number of carbonyl (C=O) groups is 1. The van der Waals surface area contributed by atoms with Crippen LogP contribution in [0.5, 0.6) is 0 Å². The molecule has 128 valence electrons. The first kappa shape index (κ1) is 15.6. The first-order valence-electron chi connectivity index (χ1n) is 8.22. The molecule has 0 saturated heterocycles. The number of carbonyl (C=O) groups excluding carboxylic acids is 1. The Hall–Kier alpha value is -2.96. The van der Waals surface area contributed by atoms with Crippen LogP contribution in [0.25, 0.3) is 5.69 Å². The molecular formula is C18H18FN5O. The molecule has 3 heterocycles. The number of amides is 1. The van der Waals surface area contributed by atoms with Gasteiger partial charge in [0.25, 0.3) is 0 Å². The quantitative estimate of drug-likeness (QED) is 0.798. The number of hydrogen-bond donors (Lipinski definition) is 1. The van der Waals surface area contributed by atoms with E-state index >= 15 is 0 Å². The van der Waals surface area contributed by atoms with Crippen molar-refractivity contribution in [3.05, 3.63) is 60.1 Å². The van der Waals surface area contributed by atoms with E-state index in [2.05, 4.69) is 20.0 Å². The van der Waals surface area contributed by atoms with Gasteiger partial charge in [-0.1, -0.05) is 6.07 Å². The molecule has 1 N–H and O–H groups in total. The Morgan fingerprint density at radius 1 is 1.36 bits per heavy atom. The van der Waals surface area contributed by atoms with Crippen molar-refractivity contribution < 1.29 is 9.18 Å². The molecular weight excluding hydrogens is 321 g/mol. The van der Waals surface area contributed by atoms with E-state index in [-0.39, 0.29) is 17.6 Å². The van der Waals surface area contributed by atoms with Crippen LogP contribution in [0, 0.1) is 18.7 Å². The zero-order valence-corrected chi connectivity index (χ0v) is 13.8. The number of imidazole rings is 1. The van der Waals surface area contributed by atoms with Gasteiger partial charge in [-0.15, -0.1) is 5.10 Å². The van der Waals surface area contributed by atoms with Gasteiger partial charge in [0.1, 0.15) is 5.82 Å². The predicted molar refractivity (Wildman–Crippen MR) is 90.9 cm³/mol. The van der Waals surface area contributed by atoms with Gasteiger partial charge < -0.3 is 9.88 Å². The lowest BCUT2D eigenvalue weighted by Gasteiger charge is -2.22. The number of rotatable bonds is 3. The highest BCUT2D eigenvalue weighted by molar-refractivity contribution is 5.92. The van der Waals surface area contributed by atoms with Crippen molar-refractivity contribution in [1.29, 1.82) is 0 Å². The standard InChI is InChI=1S/C18H18FN5O/c1-12-7-17(22-24(12)15-4-2-3-14(19)9-15)21-18(25)13-5-6-23-11-20-10-16(23)8-13/h2-4,7,9-11,13H,5-6,8H2,1H3,(H,21,22,25). The minimum atomic E-state index is -0.322. The zero-order valence-electron chi connectivity index (χ0n) is 13.8. The molecule has 1 aliphatic rings. The molecule has 1 aliphatic heterocycles. The van der Waals surface area contributed by atoms with Crippen molar-refractivity contribution in [2.45, 2.75) is 26.3 Å². The number of hydrogen-bond acceptors (Lipinski definition) is 3. The van der Waals surface area contributed by atoms with Gasteiger partial charge in [0, 0.05) is 42.5 Å². The van der Waals surface area contributed by atoms with Crippen molar-refractivity contribution in [2.75, 3.05) is 5.32 Å². The SMILES string of the molecule is Cc1cc(NC(=O)C2CCn3cncc3C2)nn1-c1cccc(F)c1. The van der Waals surface area contributed by atoms with Crippen LogP contribution >= 0.6 is 0 Å². The maximum Gasteiger partial charge on any atom is 0.229 e. The van der Waals surface area contributed by atoms with E-state index in [0.717, 1.165) is 24.4 Å². The molecule has 0 saturated carbocycles. The van der Waals surface area contributed by atoms with E-state index in [4.69, 9.17) is 0 Å². The van der Waals surface area contributed by atoms with Crippen molar-refractivity contribution in [3.63, 3.8) is 0 Å². The lowest BCUT2D eigenvalue weighted by atomic mass is 9.95. The van der Waals surface area contributed by atoms with Crippen molar-refractivity contribution in [1.82, 2.24) is 19.3 Å². The van der Waals surface area contributed by atoms with Crippen LogP contribution in [0.2, 0.25) is 0 Å². The first-order valence-corrected chi connectivity index (χ1v) is 8.22. The monoisotopic (exact) mass is 339 g/mol. The topological polar surface area (TPSA) is 64.7 Å². The third-order valence-electron chi connectivity index (χ3n) is 4.53. The molecule has 4 rings (SSSR count). The summed E-state index contributed by atoms with van der Waals surface area (Å²) in [4.78, 5) is 16.7. The fourth-order valence-corrected chi connectivity index (χ4v) is 3.23. The molecule has 0 fully saturated rings. The van der Waals surface area contributed by atoms with Crippen LogP contribution in [-0.2, 0) is 17.8 Å². The molecule has 0 spiro atoms. The molecule has 0 radical (unpaired) electrons. The smallest absolute Gasteiger partial charge is 0.229 e. The van der Waals surface area contributed by atoms with Gasteiger partial charge >= 0.3 is 0 Å². The number of aryl methyl sites for hydroxylation is 2. The molecule has 1 atom stereocenters. The maximum atomic E-state index is 13.4. The molecule has 0 aliphatic carbocycles. The second-order valence-corrected chi connectivity index (χ2v) is 6.32. The van der Waals surface area contributed by atoms with Gasteiger partial charge in [-0.05, 0) is 31.5 Å². The van der Waals surface area contributed by atoms with E-state index in [1.165, 1.54) is 12.1 Å².